The summed E-state index contributed by atoms with van der Waals surface area (Å²) in [6.07, 6.45) is 12.7. The zero-order chi connectivity index (χ0) is 60.8. The minimum atomic E-state index is 0. The Balaban J connectivity index is 0.000000177. The molecule has 445 valence electrons. The molecule has 15 rings (SSSR count). The van der Waals surface area contributed by atoms with Crippen molar-refractivity contribution >= 4 is 83.3 Å². The number of rotatable bonds is 0. The summed E-state index contributed by atoms with van der Waals surface area (Å²) >= 11 is 0. The van der Waals surface area contributed by atoms with Crippen LogP contribution in [0.3, 0.4) is 0 Å². The summed E-state index contributed by atoms with van der Waals surface area (Å²) in [6, 6.07) is 12.3. The summed E-state index contributed by atoms with van der Waals surface area (Å²) in [4.78, 5) is 45.0. The van der Waals surface area contributed by atoms with Crippen LogP contribution in [-0.4, -0.2) is 82.0 Å². The fraction of sp³-hybridized carbons (Fsp3) is 0.294. The molecule has 0 atom stereocenters. The molecule has 90 heavy (non-hydrogen) atoms. The standard InChI is InChI=1S/3C14H15N3.2C13H14N4.5Y/c1-8-9(2)14-16-10(3)11(4)17(14)13-5-6-15-7-12(8)13;1-8-9(2)14-16-10(3)11(4)17(14)12-6-5-7-15-13(8)12;1-8-9(2)13-16-10(3)11(4)17(13)14-12(8)6-5-7-15-14;1-7-8(2)12-16-9(3)10(4)17(12)13-11(7)5-14-6-15-13;1-7-8(2)12-15-9(3)10(4)17(12)13-11(7)5-6-14-16-13;;;;;/h3*5-7H,1-4H3;2*5-6H,1-4H3;;;;;. The molecule has 17 nitrogen and oxygen atoms in total. The summed E-state index contributed by atoms with van der Waals surface area (Å²) in [7, 11) is 0. The van der Waals surface area contributed by atoms with Crippen LogP contribution in [0.5, 0.6) is 0 Å². The Morgan fingerprint density at radius 1 is 0.278 bits per heavy atom. The van der Waals surface area contributed by atoms with Crippen molar-refractivity contribution in [2.24, 2.45) is 0 Å². The fourth-order valence-corrected chi connectivity index (χ4v) is 11.7. The monoisotopic (exact) mass is 1570 g/mol. The molecule has 15 aromatic heterocycles. The molecule has 15 heterocycles. The van der Waals surface area contributed by atoms with Crippen LogP contribution in [0.25, 0.3) is 83.3 Å². The van der Waals surface area contributed by atoms with Gasteiger partial charge >= 0.3 is 0 Å². The van der Waals surface area contributed by atoms with E-state index in [9.17, 15) is 0 Å². The Labute approximate surface area is 651 Å². The molecule has 0 saturated carbocycles. The van der Waals surface area contributed by atoms with Gasteiger partial charge in [-0.25, -0.2) is 39.9 Å². The molecular weight excluding hydrogens is 1500 g/mol. The Hall–Kier alpha value is -4.12. The average Bonchev–Trinajstić information content (AvgIpc) is 1.60. The molecule has 0 unspecified atom stereocenters. The van der Waals surface area contributed by atoms with Gasteiger partial charge in [-0.1, -0.05) is 0 Å². The van der Waals surface area contributed by atoms with E-state index in [1.807, 2.05) is 70.0 Å². The van der Waals surface area contributed by atoms with E-state index in [0.29, 0.717) is 0 Å². The van der Waals surface area contributed by atoms with E-state index in [1.165, 1.54) is 89.0 Å². The molecule has 22 heteroatoms. The Bertz CT molecular complexity index is 4480. The van der Waals surface area contributed by atoms with Crippen LogP contribution in [0.2, 0.25) is 0 Å². The van der Waals surface area contributed by atoms with Crippen LogP contribution in [0.4, 0.5) is 0 Å². The van der Waals surface area contributed by atoms with Gasteiger partial charge < -0.3 is 0 Å². The first-order valence-electron chi connectivity index (χ1n) is 28.7. The number of hydrogen-bond acceptors (Lipinski definition) is 12. The molecule has 0 aromatic carbocycles. The summed E-state index contributed by atoms with van der Waals surface area (Å²) in [5, 5.41) is 12.9. The predicted molar refractivity (Wildman–Crippen MR) is 343 cm³/mol. The van der Waals surface area contributed by atoms with Crippen LogP contribution < -0.4 is 0 Å². The van der Waals surface area contributed by atoms with Crippen molar-refractivity contribution in [3.63, 3.8) is 0 Å². The first-order valence-corrected chi connectivity index (χ1v) is 28.7. The van der Waals surface area contributed by atoms with E-state index >= 15 is 0 Å². The molecule has 0 saturated heterocycles. The molecule has 0 aliphatic carbocycles. The number of aromatic nitrogens is 17. The van der Waals surface area contributed by atoms with E-state index in [2.05, 4.69) is 218 Å². The molecule has 0 aliphatic heterocycles. The van der Waals surface area contributed by atoms with Crippen LogP contribution in [0.15, 0.2) is 79.9 Å². The summed E-state index contributed by atoms with van der Waals surface area (Å²) in [6.45, 7) is 41.9. The van der Waals surface area contributed by atoms with Gasteiger partial charge in [-0.3, -0.25) is 32.0 Å². The molecule has 0 N–H and O–H groups in total. The summed E-state index contributed by atoms with van der Waals surface area (Å²) < 4.78 is 10.8. The topological polar surface area (TPSA) is 177 Å². The van der Waals surface area contributed by atoms with Gasteiger partial charge in [-0.05, 0) is 231 Å². The molecule has 0 aliphatic rings. The average molecular weight is 1570 g/mol. The maximum Gasteiger partial charge on any atom is 0.168 e. The van der Waals surface area contributed by atoms with Gasteiger partial charge in [0.2, 0.25) is 0 Å². The van der Waals surface area contributed by atoms with Crippen LogP contribution in [-0.2, 0) is 164 Å². The number of aryl methyl sites for hydroxylation is 20. The summed E-state index contributed by atoms with van der Waals surface area (Å²) in [5.74, 6) is 0. The van der Waals surface area contributed by atoms with Crippen molar-refractivity contribution in [1.82, 2.24) is 82.0 Å². The number of imidazole rings is 5. The first kappa shape index (κ1) is 74.9. The van der Waals surface area contributed by atoms with Gasteiger partial charge in [-0.15, -0.1) is 5.10 Å². The van der Waals surface area contributed by atoms with Gasteiger partial charge in [0.25, 0.3) is 0 Å². The third-order valence-corrected chi connectivity index (χ3v) is 18.1. The molecule has 15 aromatic rings. The third kappa shape index (κ3) is 13.0. The van der Waals surface area contributed by atoms with Gasteiger partial charge in [0.15, 0.2) is 5.65 Å². The number of pyridine rings is 8. The van der Waals surface area contributed by atoms with Crippen LogP contribution >= 0.6 is 0 Å². The fourth-order valence-electron chi connectivity index (χ4n) is 11.7. The first-order chi connectivity index (χ1) is 40.5. The smallest absolute Gasteiger partial charge is 0.168 e. The Morgan fingerprint density at radius 3 is 1.17 bits per heavy atom. The molecule has 0 amide bonds. The SMILES string of the molecule is Cc1nc2c(C)c(C)c3cccnc3n2c1C.Cc1nc2c(C)c(C)c3ccnnc3n2c1C.Cc1nc2c(C)c(C)c3cnccc3n2c1C.Cc1nc2c(C)c(C)c3cncnc3n2c1C.Cc1nc2c(C)c(C)c3ncccc3n2c1C.[Y].[Y].[Y].[Y].[Y]. The third-order valence-electron chi connectivity index (χ3n) is 18.1. The normalized spacial score (nSPS) is 10.9. The molecule has 0 fully saturated rings. The number of hydrogen-bond donors (Lipinski definition) is 0. The van der Waals surface area contributed by atoms with E-state index in [1.54, 1.807) is 12.5 Å². The maximum atomic E-state index is 4.67. The van der Waals surface area contributed by atoms with Gasteiger partial charge in [-0.2, -0.15) is 5.10 Å². The quantitative estimate of drug-likeness (QED) is 0.141. The van der Waals surface area contributed by atoms with E-state index in [0.717, 1.165) is 107 Å². The number of nitrogens with zero attached hydrogens (tertiary/aromatic N) is 17. The van der Waals surface area contributed by atoms with E-state index in [-0.39, 0.29) is 164 Å². The van der Waals surface area contributed by atoms with Gasteiger partial charge in [0.1, 0.15) is 45.9 Å². The van der Waals surface area contributed by atoms with E-state index in [4.69, 9.17) is 0 Å². The molecular formula is C68H73N17Y5. The van der Waals surface area contributed by atoms with Gasteiger partial charge in [0, 0.05) is 245 Å². The minimum Gasteiger partial charge on any atom is -0.296 e. The van der Waals surface area contributed by atoms with Gasteiger partial charge in [0.05, 0.1) is 51.2 Å². The van der Waals surface area contributed by atoms with Crippen LogP contribution in [0.1, 0.15) is 113 Å². The van der Waals surface area contributed by atoms with Crippen molar-refractivity contribution < 1.29 is 164 Å². The Morgan fingerprint density at radius 2 is 0.656 bits per heavy atom. The second-order valence-corrected chi connectivity index (χ2v) is 22.6. The van der Waals surface area contributed by atoms with Crippen molar-refractivity contribution in [2.45, 2.75) is 138 Å². The maximum absolute atomic E-state index is 4.67. The Kier molecular flexibility index (Phi) is 25.0. The molecule has 0 bridgehead atoms. The van der Waals surface area contributed by atoms with Crippen molar-refractivity contribution in [1.29, 1.82) is 0 Å². The second kappa shape index (κ2) is 30.1. The van der Waals surface area contributed by atoms with E-state index < -0.39 is 0 Å². The van der Waals surface area contributed by atoms with Crippen molar-refractivity contribution in [3.05, 3.63) is 192 Å². The largest absolute Gasteiger partial charge is 0.296 e. The van der Waals surface area contributed by atoms with Crippen molar-refractivity contribution in [2.75, 3.05) is 0 Å². The predicted octanol–water partition coefficient (Wildman–Crippen LogP) is 14.4. The second-order valence-electron chi connectivity index (χ2n) is 22.6. The zero-order valence-electron chi connectivity index (χ0n) is 55.5. The van der Waals surface area contributed by atoms with Crippen LogP contribution in [0, 0.1) is 138 Å². The zero-order valence-corrected chi connectivity index (χ0v) is 69.7. The molecule has 5 radical (unpaired) electrons. The number of fused-ring (bicyclic) bond motifs is 15. The minimum absolute atomic E-state index is 0. The molecule has 0 spiro atoms. The summed E-state index contributed by atoms with van der Waals surface area (Å²) in [5.41, 5.74) is 34.9. The van der Waals surface area contributed by atoms with Crippen molar-refractivity contribution in [3.8, 4) is 0 Å².